The Morgan fingerprint density at radius 3 is 1.12 bits per heavy atom. The van der Waals surface area contributed by atoms with E-state index < -0.39 is 23.4 Å². The zero-order valence-corrected chi connectivity index (χ0v) is 20.7. The summed E-state index contributed by atoms with van der Waals surface area (Å²) in [5, 5.41) is 2.94. The summed E-state index contributed by atoms with van der Waals surface area (Å²) in [4.78, 5) is 0. The van der Waals surface area contributed by atoms with E-state index in [0.29, 0.717) is 0 Å². The minimum atomic E-state index is -2.67. The minimum absolute atomic E-state index is 1.14. The van der Waals surface area contributed by atoms with Crippen molar-refractivity contribution in [3.05, 3.63) is 60.7 Å². The van der Waals surface area contributed by atoms with Crippen molar-refractivity contribution in [1.29, 1.82) is 0 Å². The Morgan fingerprint density at radius 1 is 0.600 bits per heavy atom. The predicted octanol–water partition coefficient (Wildman–Crippen LogP) is 6.51. The monoisotopic (exact) mass is 510 g/mol. The Hall–Kier alpha value is 0.542. The first-order valence-electron chi connectivity index (χ1n) is 9.12. The molecule has 0 N–H and O–H groups in total. The van der Waals surface area contributed by atoms with Crippen molar-refractivity contribution in [3.63, 3.8) is 0 Å². The van der Waals surface area contributed by atoms with Crippen LogP contribution in [0.4, 0.5) is 0 Å². The molecule has 0 radical (unpaired) electrons. The summed E-state index contributed by atoms with van der Waals surface area (Å²) in [5.74, 6) is 0. The van der Waals surface area contributed by atoms with Crippen molar-refractivity contribution in [2.75, 3.05) is 24.6 Å². The number of rotatable bonds is 8. The molecule has 0 spiro atoms. The molecular weight excluding hydrogens is 479 g/mol. The van der Waals surface area contributed by atoms with Crippen molar-refractivity contribution in [2.45, 2.75) is 27.7 Å². The van der Waals surface area contributed by atoms with Crippen LogP contribution in [-0.4, -0.2) is 24.6 Å². The molecule has 0 unspecified atom stereocenters. The van der Waals surface area contributed by atoms with Crippen molar-refractivity contribution in [1.82, 2.24) is 0 Å². The van der Waals surface area contributed by atoms with Crippen LogP contribution >= 0.6 is 30.0 Å². The Morgan fingerprint density at radius 2 is 0.880 bits per heavy atom. The van der Waals surface area contributed by atoms with Crippen LogP contribution in [0.25, 0.3) is 0 Å². The van der Waals surface area contributed by atoms with Gasteiger partial charge in [-0.1, -0.05) is 0 Å². The number of hydrogen-bond donors (Lipinski definition) is 0. The number of halogens is 2. The summed E-state index contributed by atoms with van der Waals surface area (Å²) >= 11 is -2.67. The topological polar surface area (TPSA) is 0 Å². The first-order valence-corrected chi connectivity index (χ1v) is 22.2. The molecule has 2 aromatic rings. The maximum absolute atomic E-state index is 7.69. The van der Waals surface area contributed by atoms with Crippen molar-refractivity contribution in [3.8, 4) is 0 Å². The van der Waals surface area contributed by atoms with Crippen LogP contribution in [0, 0.1) is 0 Å². The van der Waals surface area contributed by atoms with Crippen LogP contribution in [0.5, 0.6) is 0 Å². The Bertz CT molecular complexity index is 596. The van der Waals surface area contributed by atoms with E-state index in [-0.39, 0.29) is 0 Å². The summed E-state index contributed by atoms with van der Waals surface area (Å²) in [6.07, 6.45) is 4.55. The van der Waals surface area contributed by atoms with Gasteiger partial charge in [0.15, 0.2) is 0 Å². The van der Waals surface area contributed by atoms with Gasteiger partial charge in [-0.25, -0.2) is 0 Å². The predicted molar refractivity (Wildman–Crippen MR) is 123 cm³/mol. The summed E-state index contributed by atoms with van der Waals surface area (Å²) in [6.45, 7) is 9.31. The van der Waals surface area contributed by atoms with Gasteiger partial charge in [0, 0.05) is 0 Å². The van der Waals surface area contributed by atoms with Gasteiger partial charge in [-0.2, -0.15) is 0 Å². The molecule has 0 saturated carbocycles. The molecule has 25 heavy (non-hydrogen) atoms. The third-order valence-electron chi connectivity index (χ3n) is 5.46. The fraction of sp³-hybridized carbons (Fsp3) is 0.400. The molecule has 0 aromatic heterocycles. The molecule has 0 bridgehead atoms. The average Bonchev–Trinajstić information content (AvgIpc) is 2.66. The van der Waals surface area contributed by atoms with Crippen LogP contribution in [-0.2, 0) is 12.5 Å². The Labute approximate surface area is 165 Å². The van der Waals surface area contributed by atoms with Gasteiger partial charge in [0.25, 0.3) is 0 Å². The number of hydrogen-bond acceptors (Lipinski definition) is 0. The zero-order valence-electron chi connectivity index (χ0n) is 15.7. The van der Waals surface area contributed by atoms with Crippen molar-refractivity contribution >= 4 is 40.6 Å². The standard InChI is InChI=1S/2C10H15P.2ClH.Pd/c2*1-3-11(4-2)10-8-6-5-7-9-10;;;/h2*5-9H,3-4H2,1-2H3;2*1H;. The molecule has 5 heteroatoms. The van der Waals surface area contributed by atoms with Crippen LogP contribution in [0.2, 0.25) is 0 Å². The average molecular weight is 512 g/mol. The van der Waals surface area contributed by atoms with E-state index in [4.69, 9.17) is 19.1 Å². The molecule has 0 fully saturated rings. The SMILES string of the molecule is CC[PH](CC)(c1ccccc1)[Pd]([Cl])([Cl])[PH](CC)(CC)c1ccccc1. The van der Waals surface area contributed by atoms with E-state index in [1.54, 1.807) is 0 Å². The fourth-order valence-corrected chi connectivity index (χ4v) is 66.0. The fourth-order valence-electron chi connectivity index (χ4n) is 3.85. The Kier molecular flexibility index (Phi) is 8.00. The molecule has 0 nitrogen and oxygen atoms in total. The van der Waals surface area contributed by atoms with Crippen molar-refractivity contribution in [2.24, 2.45) is 0 Å². The van der Waals surface area contributed by atoms with Crippen LogP contribution in [0.15, 0.2) is 60.7 Å². The van der Waals surface area contributed by atoms with E-state index in [1.165, 1.54) is 10.6 Å². The van der Waals surface area contributed by atoms with Crippen molar-refractivity contribution < 1.29 is 12.5 Å². The molecule has 2 rings (SSSR count). The van der Waals surface area contributed by atoms with Gasteiger partial charge in [0.2, 0.25) is 0 Å². The third kappa shape index (κ3) is 3.64. The van der Waals surface area contributed by atoms with E-state index in [9.17, 15) is 0 Å². The van der Waals surface area contributed by atoms with Crippen LogP contribution < -0.4 is 10.6 Å². The summed E-state index contributed by atoms with van der Waals surface area (Å²) in [7, 11) is 15.4. The van der Waals surface area contributed by atoms with E-state index in [2.05, 4.69) is 88.4 Å². The third-order valence-corrected chi connectivity index (χ3v) is 61.4. The second-order valence-corrected chi connectivity index (χ2v) is 41.8. The molecule has 0 aliphatic carbocycles. The van der Waals surface area contributed by atoms with Gasteiger partial charge in [-0.3, -0.25) is 0 Å². The molecule has 0 aliphatic rings. The maximum atomic E-state index is 7.69. The van der Waals surface area contributed by atoms with Gasteiger partial charge in [0.05, 0.1) is 0 Å². The van der Waals surface area contributed by atoms with E-state index in [1.807, 2.05) is 0 Å². The van der Waals surface area contributed by atoms with Gasteiger partial charge < -0.3 is 0 Å². The Balaban J connectivity index is 2.73. The molecule has 0 saturated heterocycles. The van der Waals surface area contributed by atoms with Gasteiger partial charge in [-0.15, -0.1) is 0 Å². The van der Waals surface area contributed by atoms with E-state index >= 15 is 0 Å². The molecule has 0 amide bonds. The van der Waals surface area contributed by atoms with Crippen LogP contribution in [0.3, 0.4) is 0 Å². The van der Waals surface area contributed by atoms with Gasteiger partial charge in [0.1, 0.15) is 0 Å². The second-order valence-electron chi connectivity index (χ2n) is 6.32. The molecule has 146 valence electrons. The quantitative estimate of drug-likeness (QED) is 0.280. The van der Waals surface area contributed by atoms with Gasteiger partial charge in [-0.05, 0) is 0 Å². The second kappa shape index (κ2) is 9.16. The first kappa shape index (κ1) is 21.8. The van der Waals surface area contributed by atoms with E-state index in [0.717, 1.165) is 24.6 Å². The normalized spacial score (nSPS) is 15.0. The van der Waals surface area contributed by atoms with Gasteiger partial charge >= 0.3 is 166 Å². The zero-order chi connectivity index (χ0) is 18.6. The molecule has 0 atom stereocenters. The molecule has 0 aliphatic heterocycles. The first-order chi connectivity index (χ1) is 12.0. The molecule has 0 heterocycles. The summed E-state index contributed by atoms with van der Waals surface area (Å²) < 4.78 is 0. The summed E-state index contributed by atoms with van der Waals surface area (Å²) in [5.41, 5.74) is -3.93. The molecule has 2 aromatic carbocycles. The number of benzene rings is 2. The summed E-state index contributed by atoms with van der Waals surface area (Å²) in [6, 6.07) is 22.0. The van der Waals surface area contributed by atoms with Crippen LogP contribution in [0.1, 0.15) is 27.7 Å². The molecular formula is C20H32Cl2P2Pd.